The van der Waals surface area contributed by atoms with Gasteiger partial charge in [0.25, 0.3) is 0 Å². The fourth-order valence-corrected chi connectivity index (χ4v) is 0.231. The normalized spacial score (nSPS) is 11.3. The quantitative estimate of drug-likeness (QED) is 0.293. The lowest BCUT2D eigenvalue weighted by Gasteiger charge is -1.84. The van der Waals surface area contributed by atoms with E-state index in [9.17, 15) is 0 Å². The van der Waals surface area contributed by atoms with Crippen LogP contribution < -0.4 is 5.84 Å². The van der Waals surface area contributed by atoms with Gasteiger partial charge < -0.3 is 11.3 Å². The Balaban J connectivity index is 3.60. The van der Waals surface area contributed by atoms with Crippen LogP contribution in [0.15, 0.2) is 5.10 Å². The van der Waals surface area contributed by atoms with Crippen molar-refractivity contribution in [2.75, 3.05) is 0 Å². The number of rotatable bonds is 2. The Bertz CT molecular complexity index is 84.9. The Morgan fingerprint density at radius 1 is 2.00 bits per heavy atom. The first-order valence-electron chi connectivity index (χ1n) is 2.12. The van der Waals surface area contributed by atoms with Gasteiger partial charge in [0, 0.05) is 6.21 Å². The van der Waals surface area contributed by atoms with E-state index in [1.807, 2.05) is 6.92 Å². The predicted octanol–water partition coefficient (Wildman–Crippen LogP) is 0.361. The highest BCUT2D eigenvalue weighted by Crippen LogP contribution is 1.75. The fourth-order valence-electron chi connectivity index (χ4n) is 0.231. The molecule has 3 heteroatoms. The van der Waals surface area contributed by atoms with E-state index in [0.717, 1.165) is 12.6 Å². The van der Waals surface area contributed by atoms with Gasteiger partial charge in [-0.05, 0) is 6.42 Å². The van der Waals surface area contributed by atoms with Crippen LogP contribution in [-0.2, 0) is 0 Å². The summed E-state index contributed by atoms with van der Waals surface area (Å²) in [7, 11) is 0. The number of nitrogens with zero attached hydrogens (tertiary/aromatic N) is 1. The molecule has 7 heavy (non-hydrogen) atoms. The maximum Gasteiger partial charge on any atom is 0.0772 e. The molecule has 0 saturated carbocycles. The van der Waals surface area contributed by atoms with Gasteiger partial charge in [-0.25, -0.2) is 0 Å². The molecule has 0 aromatic rings. The van der Waals surface area contributed by atoms with E-state index in [0.29, 0.717) is 5.71 Å². The van der Waals surface area contributed by atoms with E-state index in [1.54, 1.807) is 0 Å². The molecule has 0 aromatic heterocycles. The van der Waals surface area contributed by atoms with Crippen LogP contribution in [0.5, 0.6) is 0 Å². The Morgan fingerprint density at radius 2 is 2.57 bits per heavy atom. The molecule has 3 N–H and O–H groups in total. The number of hydrogen-bond donors (Lipinski definition) is 2. The summed E-state index contributed by atoms with van der Waals surface area (Å²) < 4.78 is 0. The third-order valence-corrected chi connectivity index (χ3v) is 0.695. The Morgan fingerprint density at radius 3 is 2.57 bits per heavy atom. The molecule has 3 nitrogen and oxygen atoms in total. The van der Waals surface area contributed by atoms with Crippen molar-refractivity contribution in [1.29, 1.82) is 5.41 Å². The molecule has 0 aliphatic carbocycles. The van der Waals surface area contributed by atoms with Gasteiger partial charge in [0.15, 0.2) is 0 Å². The second-order valence-corrected chi connectivity index (χ2v) is 1.12. The first-order valence-corrected chi connectivity index (χ1v) is 2.12. The van der Waals surface area contributed by atoms with E-state index < -0.39 is 0 Å². The number of hydrazone groups is 1. The van der Waals surface area contributed by atoms with Crippen molar-refractivity contribution in [3.8, 4) is 0 Å². The van der Waals surface area contributed by atoms with E-state index in [2.05, 4.69) is 5.10 Å². The fraction of sp³-hybridized carbons (Fsp3) is 0.500. The minimum absolute atomic E-state index is 0.625. The summed E-state index contributed by atoms with van der Waals surface area (Å²) in [6.07, 6.45) is 1.89. The van der Waals surface area contributed by atoms with Crippen LogP contribution in [-0.4, -0.2) is 11.9 Å². The van der Waals surface area contributed by atoms with Crippen molar-refractivity contribution in [2.45, 2.75) is 13.3 Å². The molecule has 0 spiro atoms. The molecular weight excluding hydrogens is 90.1 g/mol. The molecule has 0 amide bonds. The largest absolute Gasteiger partial charge is 0.323 e. The molecule has 0 bridgehead atoms. The van der Waals surface area contributed by atoms with E-state index in [-0.39, 0.29) is 0 Å². The lowest BCUT2D eigenvalue weighted by Crippen LogP contribution is -1.99. The van der Waals surface area contributed by atoms with Crippen molar-refractivity contribution in [1.82, 2.24) is 0 Å². The smallest absolute Gasteiger partial charge is 0.0772 e. The second-order valence-electron chi connectivity index (χ2n) is 1.12. The summed E-state index contributed by atoms with van der Waals surface area (Å²) in [6.45, 7) is 1.90. The van der Waals surface area contributed by atoms with Crippen LogP contribution in [0.1, 0.15) is 13.3 Å². The number of nitrogens with two attached hydrogens (primary N) is 1. The number of hydrogen-bond acceptors (Lipinski definition) is 3. The summed E-state index contributed by atoms with van der Waals surface area (Å²) >= 11 is 0. The molecule has 0 atom stereocenters. The van der Waals surface area contributed by atoms with Crippen molar-refractivity contribution in [3.63, 3.8) is 0 Å². The van der Waals surface area contributed by atoms with Gasteiger partial charge in [-0.15, -0.1) is 0 Å². The van der Waals surface area contributed by atoms with Crippen LogP contribution in [0, 0.1) is 5.41 Å². The van der Waals surface area contributed by atoms with Gasteiger partial charge in [-0.2, -0.15) is 5.10 Å². The topological polar surface area (TPSA) is 62.2 Å². The van der Waals surface area contributed by atoms with Gasteiger partial charge >= 0.3 is 0 Å². The molecule has 0 rings (SSSR count). The highest BCUT2D eigenvalue weighted by molar-refractivity contribution is 6.29. The highest BCUT2D eigenvalue weighted by Gasteiger charge is 1.82. The van der Waals surface area contributed by atoms with Crippen molar-refractivity contribution < 1.29 is 0 Å². The molecule has 0 heterocycles. The van der Waals surface area contributed by atoms with Crippen LogP contribution in [0.3, 0.4) is 0 Å². The monoisotopic (exact) mass is 99.1 g/mol. The third-order valence-electron chi connectivity index (χ3n) is 0.695. The molecule has 0 fully saturated rings. The van der Waals surface area contributed by atoms with E-state index in [4.69, 9.17) is 11.3 Å². The van der Waals surface area contributed by atoms with Gasteiger partial charge in [-0.1, -0.05) is 6.92 Å². The Labute approximate surface area is 42.7 Å². The summed E-state index contributed by atoms with van der Waals surface area (Å²) in [6, 6.07) is 0. The van der Waals surface area contributed by atoms with Gasteiger partial charge in [0.05, 0.1) is 5.71 Å². The summed E-state index contributed by atoms with van der Waals surface area (Å²) in [5, 5.41) is 9.92. The maximum absolute atomic E-state index is 6.62. The standard InChI is InChI=1S/C4H9N3/c1-2-4(3-5)7-6/h3,5H,2,6H2,1H3/b5-3?,7-4-. The molecule has 40 valence electrons. The average molecular weight is 99.1 g/mol. The number of nitrogens with one attached hydrogen (secondary N) is 1. The van der Waals surface area contributed by atoms with Crippen molar-refractivity contribution >= 4 is 11.9 Å². The predicted molar refractivity (Wildman–Crippen MR) is 30.7 cm³/mol. The lowest BCUT2D eigenvalue weighted by molar-refractivity contribution is 1.19. The van der Waals surface area contributed by atoms with Crippen LogP contribution in [0.25, 0.3) is 0 Å². The molecule has 0 radical (unpaired) electrons. The lowest BCUT2D eigenvalue weighted by atomic mass is 10.3. The van der Waals surface area contributed by atoms with Crippen LogP contribution in [0.2, 0.25) is 0 Å². The molecule has 0 aromatic carbocycles. The molecular formula is C4H9N3. The third kappa shape index (κ3) is 1.92. The minimum Gasteiger partial charge on any atom is -0.323 e. The van der Waals surface area contributed by atoms with Gasteiger partial charge in [0.1, 0.15) is 0 Å². The molecule has 0 saturated heterocycles. The zero-order valence-electron chi connectivity index (χ0n) is 4.31. The maximum atomic E-state index is 6.62. The molecule has 0 aliphatic rings. The SMILES string of the molecule is CC/C(C=N)=N/N. The van der Waals surface area contributed by atoms with Crippen molar-refractivity contribution in [3.05, 3.63) is 0 Å². The molecule has 0 aliphatic heterocycles. The zero-order chi connectivity index (χ0) is 5.70. The van der Waals surface area contributed by atoms with Gasteiger partial charge in [0.2, 0.25) is 0 Å². The van der Waals surface area contributed by atoms with E-state index >= 15 is 0 Å². The van der Waals surface area contributed by atoms with Crippen molar-refractivity contribution in [2.24, 2.45) is 10.9 Å². The first kappa shape index (κ1) is 6.14. The summed E-state index contributed by atoms with van der Waals surface area (Å²) in [4.78, 5) is 0. The molecule has 0 unspecified atom stereocenters. The summed E-state index contributed by atoms with van der Waals surface area (Å²) in [5.41, 5.74) is 0.625. The zero-order valence-corrected chi connectivity index (χ0v) is 4.31. The summed E-state index contributed by atoms with van der Waals surface area (Å²) in [5.74, 6) is 4.83. The first-order chi connectivity index (χ1) is 3.35. The highest BCUT2D eigenvalue weighted by atomic mass is 15.1. The minimum atomic E-state index is 0.625. The van der Waals surface area contributed by atoms with Crippen LogP contribution in [0.4, 0.5) is 0 Å². The van der Waals surface area contributed by atoms with Crippen LogP contribution >= 0.6 is 0 Å². The average Bonchev–Trinajstić information content (AvgIpc) is 1.72. The Kier molecular flexibility index (Phi) is 2.92. The van der Waals surface area contributed by atoms with Gasteiger partial charge in [-0.3, -0.25) is 0 Å². The van der Waals surface area contributed by atoms with E-state index in [1.165, 1.54) is 0 Å². The Hall–Kier alpha value is -0.860. The second kappa shape index (κ2) is 3.33.